The standard InChI is InChI=1S/C23H22F2N6O3/c1-23(32)10-31(11-23)22-20-12(7-26-21(29-20)13-8-27-30(2)9-13)5-14(28-22)17-18(24)15(33-3)6-16(34-4)19(17)25/h5-9,32H,10-11H2,1-4H3. The van der Waals surface area contributed by atoms with Gasteiger partial charge in [-0.25, -0.2) is 23.7 Å². The van der Waals surface area contributed by atoms with E-state index in [4.69, 9.17) is 9.47 Å². The van der Waals surface area contributed by atoms with Gasteiger partial charge in [0.05, 0.1) is 42.8 Å². The number of aryl methyl sites for hydroxylation is 1. The molecule has 0 atom stereocenters. The predicted octanol–water partition coefficient (Wildman–Crippen LogP) is 2.96. The maximum absolute atomic E-state index is 15.2. The molecule has 0 amide bonds. The molecule has 176 valence electrons. The van der Waals surface area contributed by atoms with Crippen LogP contribution in [0, 0.1) is 11.6 Å². The number of β-amino-alcohol motifs (C(OH)–C–C–N with tert-alkyl or cyclic N) is 1. The van der Waals surface area contributed by atoms with Crippen LogP contribution in [0.25, 0.3) is 33.5 Å². The second-order valence-electron chi connectivity index (χ2n) is 8.50. The summed E-state index contributed by atoms with van der Waals surface area (Å²) in [6.45, 7) is 2.28. The summed E-state index contributed by atoms with van der Waals surface area (Å²) in [6, 6.07) is 2.66. The second kappa shape index (κ2) is 7.87. The highest BCUT2D eigenvalue weighted by atomic mass is 19.1. The third-order valence-corrected chi connectivity index (χ3v) is 5.70. The van der Waals surface area contributed by atoms with Gasteiger partial charge >= 0.3 is 0 Å². The van der Waals surface area contributed by atoms with Crippen LogP contribution in [0.5, 0.6) is 11.5 Å². The number of pyridine rings is 1. The van der Waals surface area contributed by atoms with E-state index in [1.54, 1.807) is 42.1 Å². The number of hydrogen-bond donors (Lipinski definition) is 1. The fraction of sp³-hybridized carbons (Fsp3) is 0.304. The largest absolute Gasteiger partial charge is 0.494 e. The molecule has 1 aromatic carbocycles. The van der Waals surface area contributed by atoms with Crippen molar-refractivity contribution in [2.24, 2.45) is 7.05 Å². The van der Waals surface area contributed by atoms with E-state index in [0.717, 1.165) is 6.07 Å². The molecule has 1 aliphatic rings. The van der Waals surface area contributed by atoms with Gasteiger partial charge < -0.3 is 19.5 Å². The van der Waals surface area contributed by atoms with Crippen LogP contribution >= 0.6 is 0 Å². The van der Waals surface area contributed by atoms with Crippen molar-refractivity contribution in [2.45, 2.75) is 12.5 Å². The summed E-state index contributed by atoms with van der Waals surface area (Å²) in [6.07, 6.45) is 5.00. The molecule has 4 aromatic rings. The molecule has 9 nitrogen and oxygen atoms in total. The Morgan fingerprint density at radius 2 is 1.71 bits per heavy atom. The van der Waals surface area contributed by atoms with Gasteiger partial charge in [0, 0.05) is 44.0 Å². The molecule has 1 N–H and O–H groups in total. The topological polar surface area (TPSA) is 98.4 Å². The van der Waals surface area contributed by atoms with Crippen LogP contribution in [-0.2, 0) is 7.05 Å². The van der Waals surface area contributed by atoms with Crippen LogP contribution < -0.4 is 14.4 Å². The van der Waals surface area contributed by atoms with E-state index in [0.29, 0.717) is 28.1 Å². The molecular weight excluding hydrogens is 446 g/mol. The number of nitrogens with zero attached hydrogens (tertiary/aromatic N) is 6. The normalized spacial score (nSPS) is 14.9. The molecule has 1 saturated heterocycles. The molecule has 1 aliphatic heterocycles. The van der Waals surface area contributed by atoms with E-state index in [1.165, 1.54) is 20.3 Å². The molecule has 34 heavy (non-hydrogen) atoms. The van der Waals surface area contributed by atoms with Gasteiger partial charge in [0.25, 0.3) is 0 Å². The minimum Gasteiger partial charge on any atom is -0.494 e. The molecule has 3 aromatic heterocycles. The molecule has 0 saturated carbocycles. The molecule has 11 heteroatoms. The van der Waals surface area contributed by atoms with Crippen molar-refractivity contribution in [1.82, 2.24) is 24.7 Å². The van der Waals surface area contributed by atoms with Crippen molar-refractivity contribution in [1.29, 1.82) is 0 Å². The van der Waals surface area contributed by atoms with E-state index in [-0.39, 0.29) is 35.8 Å². The molecular formula is C23H22F2N6O3. The summed E-state index contributed by atoms with van der Waals surface area (Å²) in [5, 5.41) is 15.0. The average Bonchev–Trinajstić information content (AvgIpc) is 3.23. The molecule has 0 unspecified atom stereocenters. The quantitative estimate of drug-likeness (QED) is 0.478. The lowest BCUT2D eigenvalue weighted by molar-refractivity contribution is 0.0307. The number of aliphatic hydroxyl groups is 1. The summed E-state index contributed by atoms with van der Waals surface area (Å²) < 4.78 is 42.2. The Hall–Kier alpha value is -3.86. The maximum atomic E-state index is 15.2. The van der Waals surface area contributed by atoms with E-state index in [9.17, 15) is 5.11 Å². The van der Waals surface area contributed by atoms with Gasteiger partial charge in [-0.1, -0.05) is 0 Å². The van der Waals surface area contributed by atoms with E-state index >= 15 is 8.78 Å². The van der Waals surface area contributed by atoms with Gasteiger partial charge in [-0.15, -0.1) is 0 Å². The Kier molecular flexibility index (Phi) is 5.08. The molecule has 0 radical (unpaired) electrons. The number of hydrogen-bond acceptors (Lipinski definition) is 8. The Labute approximate surface area is 193 Å². The Morgan fingerprint density at radius 1 is 1.03 bits per heavy atom. The molecule has 4 heterocycles. The lowest BCUT2D eigenvalue weighted by Crippen LogP contribution is -2.60. The second-order valence-corrected chi connectivity index (χ2v) is 8.50. The summed E-state index contributed by atoms with van der Waals surface area (Å²) >= 11 is 0. The number of benzene rings is 1. The van der Waals surface area contributed by atoms with Crippen molar-refractivity contribution in [3.05, 3.63) is 42.4 Å². The fourth-order valence-electron chi connectivity index (χ4n) is 4.08. The molecule has 5 rings (SSSR count). The Bertz CT molecular complexity index is 1390. The predicted molar refractivity (Wildman–Crippen MR) is 121 cm³/mol. The summed E-state index contributed by atoms with van der Waals surface area (Å²) in [5.74, 6) is -1.33. The number of ether oxygens (including phenoxy) is 2. The summed E-state index contributed by atoms with van der Waals surface area (Å²) in [5.41, 5.74) is -0.0609. The van der Waals surface area contributed by atoms with Crippen molar-refractivity contribution < 1.29 is 23.4 Å². The highest BCUT2D eigenvalue weighted by molar-refractivity contribution is 5.93. The molecule has 0 aliphatic carbocycles. The van der Waals surface area contributed by atoms with E-state index < -0.39 is 17.2 Å². The summed E-state index contributed by atoms with van der Waals surface area (Å²) in [7, 11) is 4.36. The first-order chi connectivity index (χ1) is 16.2. The van der Waals surface area contributed by atoms with Crippen molar-refractivity contribution >= 4 is 16.7 Å². The SMILES string of the molecule is COc1cc(OC)c(F)c(-c2cc3cnc(-c4cnn(C)c4)nc3c(N3CC(C)(O)C3)n2)c1F. The molecule has 1 fully saturated rings. The highest BCUT2D eigenvalue weighted by Gasteiger charge is 2.39. The molecule has 0 spiro atoms. The minimum atomic E-state index is -0.904. The Balaban J connectivity index is 1.74. The van der Waals surface area contributed by atoms with Gasteiger partial charge in [0.1, 0.15) is 5.52 Å². The van der Waals surface area contributed by atoms with Gasteiger partial charge in [-0.3, -0.25) is 4.68 Å². The van der Waals surface area contributed by atoms with Gasteiger partial charge in [-0.2, -0.15) is 5.10 Å². The zero-order valence-corrected chi connectivity index (χ0v) is 19.0. The lowest BCUT2D eigenvalue weighted by Gasteiger charge is -2.45. The third-order valence-electron chi connectivity index (χ3n) is 5.70. The van der Waals surface area contributed by atoms with Crippen LogP contribution in [0.4, 0.5) is 14.6 Å². The highest BCUT2D eigenvalue weighted by Crippen LogP contribution is 2.40. The number of anilines is 1. The van der Waals surface area contributed by atoms with Crippen LogP contribution in [0.3, 0.4) is 0 Å². The summed E-state index contributed by atoms with van der Waals surface area (Å²) in [4.78, 5) is 15.5. The van der Waals surface area contributed by atoms with E-state index in [2.05, 4.69) is 20.1 Å². The first kappa shape index (κ1) is 22.0. The number of aromatic nitrogens is 5. The number of methoxy groups -OCH3 is 2. The minimum absolute atomic E-state index is 0.0268. The number of fused-ring (bicyclic) bond motifs is 1. The van der Waals surface area contributed by atoms with Crippen LogP contribution in [-0.4, -0.2) is 62.7 Å². The fourth-order valence-corrected chi connectivity index (χ4v) is 4.08. The van der Waals surface area contributed by atoms with Crippen LogP contribution in [0.1, 0.15) is 6.92 Å². The van der Waals surface area contributed by atoms with Gasteiger partial charge in [0.15, 0.2) is 34.8 Å². The van der Waals surface area contributed by atoms with Crippen molar-refractivity contribution in [3.63, 3.8) is 0 Å². The smallest absolute Gasteiger partial charge is 0.177 e. The van der Waals surface area contributed by atoms with Crippen LogP contribution in [0.2, 0.25) is 0 Å². The van der Waals surface area contributed by atoms with Gasteiger partial charge in [0.2, 0.25) is 0 Å². The first-order valence-corrected chi connectivity index (χ1v) is 10.5. The monoisotopic (exact) mass is 468 g/mol. The first-order valence-electron chi connectivity index (χ1n) is 10.5. The zero-order chi connectivity index (χ0) is 24.2. The maximum Gasteiger partial charge on any atom is 0.177 e. The lowest BCUT2D eigenvalue weighted by atomic mass is 9.96. The molecule has 0 bridgehead atoms. The van der Waals surface area contributed by atoms with Gasteiger partial charge in [-0.05, 0) is 13.0 Å². The third kappa shape index (κ3) is 3.58. The zero-order valence-electron chi connectivity index (χ0n) is 19.0. The van der Waals surface area contributed by atoms with Crippen molar-refractivity contribution in [3.8, 4) is 34.1 Å². The van der Waals surface area contributed by atoms with Crippen molar-refractivity contribution in [2.75, 3.05) is 32.2 Å². The number of halogens is 2. The van der Waals surface area contributed by atoms with Crippen LogP contribution in [0.15, 0.2) is 30.7 Å². The van der Waals surface area contributed by atoms with E-state index in [1.807, 2.05) is 0 Å². The number of rotatable bonds is 5. The Morgan fingerprint density at radius 3 is 2.26 bits per heavy atom. The average molecular weight is 468 g/mol.